The van der Waals surface area contributed by atoms with Crippen LogP contribution in [0.25, 0.3) is 5.65 Å². The summed E-state index contributed by atoms with van der Waals surface area (Å²) < 4.78 is 1.94. The number of fused-ring (bicyclic) bond motifs is 1. The molecule has 1 fully saturated rings. The monoisotopic (exact) mass is 336 g/mol. The number of nitrogens with zero attached hydrogens (tertiary/aromatic N) is 5. The van der Waals surface area contributed by atoms with Crippen LogP contribution in [0.15, 0.2) is 30.5 Å². The van der Waals surface area contributed by atoms with Crippen LogP contribution >= 0.6 is 0 Å². The van der Waals surface area contributed by atoms with Crippen molar-refractivity contribution in [3.63, 3.8) is 0 Å². The van der Waals surface area contributed by atoms with Crippen LogP contribution in [-0.2, 0) is 0 Å². The molecule has 0 saturated carbocycles. The van der Waals surface area contributed by atoms with Crippen molar-refractivity contribution in [3.8, 4) is 0 Å². The molecule has 25 heavy (non-hydrogen) atoms. The molecule has 128 valence electrons. The molecule has 0 aromatic carbocycles. The average Bonchev–Trinajstić information content (AvgIpc) is 3.21. The number of carbonyl (C=O) groups excluding carboxylic acids is 1. The number of aromatic nitrogens is 4. The number of imidazole rings is 1. The van der Waals surface area contributed by atoms with Gasteiger partial charge in [-0.05, 0) is 38.8 Å². The summed E-state index contributed by atoms with van der Waals surface area (Å²) in [6.45, 7) is 4.50. The SMILES string of the molecule is Cc1nc(N)cc([C@H]2CCCN2C(=O)c2cn3c(C)cccc3n2)n1. The standard InChI is InChI=1S/C18H20N6O/c1-11-5-3-7-17-22-14(10-24(11)17)18(25)23-8-4-6-15(23)13-9-16(19)21-12(2)20-13/h3,5,7,9-10,15H,4,6,8H2,1-2H3,(H2,19,20,21)/t15-/m1/s1. The van der Waals surface area contributed by atoms with Crippen LogP contribution in [0.2, 0.25) is 0 Å². The van der Waals surface area contributed by atoms with Gasteiger partial charge in [-0.25, -0.2) is 15.0 Å². The number of hydrogen-bond donors (Lipinski definition) is 1. The number of aryl methyl sites for hydroxylation is 2. The second-order valence-corrected chi connectivity index (χ2v) is 6.44. The van der Waals surface area contributed by atoms with Gasteiger partial charge in [-0.2, -0.15) is 0 Å². The first kappa shape index (κ1) is 15.6. The topological polar surface area (TPSA) is 89.4 Å². The number of hydrogen-bond acceptors (Lipinski definition) is 5. The number of anilines is 1. The quantitative estimate of drug-likeness (QED) is 0.775. The lowest BCUT2D eigenvalue weighted by atomic mass is 10.1. The van der Waals surface area contributed by atoms with Gasteiger partial charge < -0.3 is 15.0 Å². The zero-order chi connectivity index (χ0) is 17.6. The summed E-state index contributed by atoms with van der Waals surface area (Å²) in [6, 6.07) is 7.52. The Morgan fingerprint density at radius 2 is 2.08 bits per heavy atom. The molecule has 4 heterocycles. The highest BCUT2D eigenvalue weighted by molar-refractivity contribution is 5.93. The number of nitrogens with two attached hydrogens (primary N) is 1. The summed E-state index contributed by atoms with van der Waals surface area (Å²) in [5.74, 6) is 0.989. The first-order valence-electron chi connectivity index (χ1n) is 8.39. The van der Waals surface area contributed by atoms with Gasteiger partial charge in [0.2, 0.25) is 0 Å². The summed E-state index contributed by atoms with van der Waals surface area (Å²) in [4.78, 5) is 28.0. The highest BCUT2D eigenvalue weighted by Gasteiger charge is 2.33. The fraction of sp³-hybridized carbons (Fsp3) is 0.333. The zero-order valence-electron chi connectivity index (χ0n) is 14.3. The predicted octanol–water partition coefficient (Wildman–Crippen LogP) is 2.30. The summed E-state index contributed by atoms with van der Waals surface area (Å²) in [5.41, 5.74) is 8.94. The van der Waals surface area contributed by atoms with Gasteiger partial charge in [0, 0.05) is 24.5 Å². The third kappa shape index (κ3) is 2.71. The molecular formula is C18H20N6O. The molecule has 4 rings (SSSR count). The van der Waals surface area contributed by atoms with Crippen molar-refractivity contribution >= 4 is 17.4 Å². The molecule has 0 spiro atoms. The van der Waals surface area contributed by atoms with Crippen molar-refractivity contribution in [2.24, 2.45) is 0 Å². The van der Waals surface area contributed by atoms with E-state index in [2.05, 4.69) is 15.0 Å². The maximum atomic E-state index is 13.1. The molecule has 1 saturated heterocycles. The molecule has 2 N–H and O–H groups in total. The normalized spacial score (nSPS) is 17.4. The van der Waals surface area contributed by atoms with Crippen molar-refractivity contribution in [2.75, 3.05) is 12.3 Å². The van der Waals surface area contributed by atoms with E-state index >= 15 is 0 Å². The molecule has 0 radical (unpaired) electrons. The highest BCUT2D eigenvalue weighted by Crippen LogP contribution is 2.32. The van der Waals surface area contributed by atoms with Gasteiger partial charge in [-0.3, -0.25) is 4.79 Å². The molecule has 1 amide bonds. The Morgan fingerprint density at radius 3 is 2.84 bits per heavy atom. The van der Waals surface area contributed by atoms with Crippen LogP contribution in [-0.4, -0.2) is 36.7 Å². The van der Waals surface area contributed by atoms with E-state index in [9.17, 15) is 4.79 Å². The fourth-order valence-electron chi connectivity index (χ4n) is 3.50. The molecular weight excluding hydrogens is 316 g/mol. The van der Waals surface area contributed by atoms with E-state index in [-0.39, 0.29) is 11.9 Å². The molecule has 0 bridgehead atoms. The Kier molecular flexibility index (Phi) is 3.63. The van der Waals surface area contributed by atoms with E-state index < -0.39 is 0 Å². The molecule has 1 atom stereocenters. The van der Waals surface area contributed by atoms with Crippen molar-refractivity contribution in [3.05, 3.63) is 53.4 Å². The number of carbonyl (C=O) groups is 1. The second-order valence-electron chi connectivity index (χ2n) is 6.44. The van der Waals surface area contributed by atoms with Crippen molar-refractivity contribution in [1.29, 1.82) is 0 Å². The van der Waals surface area contributed by atoms with Gasteiger partial charge in [0.1, 0.15) is 23.0 Å². The Morgan fingerprint density at radius 1 is 1.24 bits per heavy atom. The fourth-order valence-corrected chi connectivity index (χ4v) is 3.50. The maximum absolute atomic E-state index is 13.1. The van der Waals surface area contributed by atoms with Crippen LogP contribution in [0.3, 0.4) is 0 Å². The van der Waals surface area contributed by atoms with Gasteiger partial charge >= 0.3 is 0 Å². The summed E-state index contributed by atoms with van der Waals surface area (Å²) in [5, 5.41) is 0. The number of nitrogen functional groups attached to an aromatic ring is 1. The molecule has 0 aliphatic carbocycles. The molecule has 3 aromatic rings. The third-order valence-electron chi connectivity index (χ3n) is 4.65. The van der Waals surface area contributed by atoms with Crippen LogP contribution in [0, 0.1) is 13.8 Å². The molecule has 7 nitrogen and oxygen atoms in total. The van der Waals surface area contributed by atoms with Crippen LogP contribution in [0.1, 0.15) is 46.6 Å². The average molecular weight is 336 g/mol. The van der Waals surface area contributed by atoms with Gasteiger partial charge in [0.05, 0.1) is 11.7 Å². The van der Waals surface area contributed by atoms with E-state index in [0.717, 1.165) is 29.9 Å². The number of rotatable bonds is 2. The Balaban J connectivity index is 1.69. The van der Waals surface area contributed by atoms with Crippen LogP contribution < -0.4 is 5.73 Å². The summed E-state index contributed by atoms with van der Waals surface area (Å²) in [7, 11) is 0. The lowest BCUT2D eigenvalue weighted by Crippen LogP contribution is -2.31. The van der Waals surface area contributed by atoms with Crippen LogP contribution in [0.4, 0.5) is 5.82 Å². The first-order valence-corrected chi connectivity index (χ1v) is 8.39. The van der Waals surface area contributed by atoms with Crippen LogP contribution in [0.5, 0.6) is 0 Å². The van der Waals surface area contributed by atoms with Crippen molar-refractivity contribution in [1.82, 2.24) is 24.3 Å². The lowest BCUT2D eigenvalue weighted by Gasteiger charge is -2.23. The number of likely N-dealkylation sites (tertiary alicyclic amines) is 1. The smallest absolute Gasteiger partial charge is 0.274 e. The highest BCUT2D eigenvalue weighted by atomic mass is 16.2. The van der Waals surface area contributed by atoms with Gasteiger partial charge in [0.25, 0.3) is 5.91 Å². The van der Waals surface area contributed by atoms with E-state index in [1.807, 2.05) is 47.5 Å². The number of pyridine rings is 1. The van der Waals surface area contributed by atoms with E-state index in [0.29, 0.717) is 23.9 Å². The minimum Gasteiger partial charge on any atom is -0.384 e. The maximum Gasteiger partial charge on any atom is 0.274 e. The summed E-state index contributed by atoms with van der Waals surface area (Å²) >= 11 is 0. The largest absolute Gasteiger partial charge is 0.384 e. The van der Waals surface area contributed by atoms with Gasteiger partial charge in [-0.15, -0.1) is 0 Å². The third-order valence-corrected chi connectivity index (χ3v) is 4.65. The Labute approximate surface area is 145 Å². The lowest BCUT2D eigenvalue weighted by molar-refractivity contribution is 0.0727. The Bertz CT molecular complexity index is 943. The van der Waals surface area contributed by atoms with Gasteiger partial charge in [-0.1, -0.05) is 6.07 Å². The molecule has 0 unspecified atom stereocenters. The summed E-state index contributed by atoms with van der Waals surface area (Å²) in [6.07, 6.45) is 3.61. The molecule has 3 aromatic heterocycles. The second kappa shape index (κ2) is 5.84. The van der Waals surface area contributed by atoms with Gasteiger partial charge in [0.15, 0.2) is 0 Å². The van der Waals surface area contributed by atoms with E-state index in [4.69, 9.17) is 5.73 Å². The predicted molar refractivity (Wildman–Crippen MR) is 94.1 cm³/mol. The number of amides is 1. The minimum absolute atomic E-state index is 0.0690. The van der Waals surface area contributed by atoms with E-state index in [1.54, 1.807) is 6.07 Å². The zero-order valence-corrected chi connectivity index (χ0v) is 14.3. The Hall–Kier alpha value is -2.96. The first-order chi connectivity index (χ1) is 12.0. The minimum atomic E-state index is -0.0811. The molecule has 1 aliphatic heterocycles. The van der Waals surface area contributed by atoms with Crippen molar-refractivity contribution < 1.29 is 4.79 Å². The molecule has 7 heteroatoms. The van der Waals surface area contributed by atoms with E-state index in [1.165, 1.54) is 0 Å². The van der Waals surface area contributed by atoms with Crippen molar-refractivity contribution in [2.45, 2.75) is 32.7 Å². The molecule has 1 aliphatic rings.